The summed E-state index contributed by atoms with van der Waals surface area (Å²) in [5, 5.41) is 3.23. The zero-order valence-corrected chi connectivity index (χ0v) is 12.3. The summed E-state index contributed by atoms with van der Waals surface area (Å²) in [5.74, 6) is 1.40. The molecular weight excluding hydrogens is 242 g/mol. The van der Waals surface area contributed by atoms with E-state index in [4.69, 9.17) is 10.5 Å². The number of hydrogen-bond donors (Lipinski definition) is 2. The van der Waals surface area contributed by atoms with Gasteiger partial charge in [0.15, 0.2) is 0 Å². The number of nitrogen functional groups attached to an aromatic ring is 1. The fraction of sp³-hybridized carbons (Fsp3) is 0.769. The summed E-state index contributed by atoms with van der Waals surface area (Å²) in [4.78, 5) is 12.1. The minimum Gasteiger partial charge on any atom is -0.464 e. The highest BCUT2D eigenvalue weighted by Crippen LogP contribution is 2.13. The molecule has 1 aromatic heterocycles. The van der Waals surface area contributed by atoms with E-state index < -0.39 is 0 Å². The predicted molar refractivity (Wildman–Crippen MR) is 77.2 cm³/mol. The van der Waals surface area contributed by atoms with E-state index in [0.717, 1.165) is 12.3 Å². The second kappa shape index (κ2) is 7.76. The smallest absolute Gasteiger partial charge is 0.323 e. The van der Waals surface area contributed by atoms with Crippen LogP contribution < -0.4 is 15.8 Å². The van der Waals surface area contributed by atoms with Crippen molar-refractivity contribution >= 4 is 11.9 Å². The van der Waals surface area contributed by atoms with Gasteiger partial charge in [-0.3, -0.25) is 0 Å². The molecular formula is C13H25N5O. The van der Waals surface area contributed by atoms with Crippen molar-refractivity contribution in [3.8, 4) is 6.01 Å². The molecule has 0 radical (unpaired) electrons. The van der Waals surface area contributed by atoms with E-state index in [1.54, 1.807) is 0 Å². The van der Waals surface area contributed by atoms with Crippen molar-refractivity contribution < 1.29 is 4.74 Å². The molecule has 6 heteroatoms. The van der Waals surface area contributed by atoms with Crippen LogP contribution in [0.1, 0.15) is 47.0 Å². The number of nitrogens with zero attached hydrogens (tertiary/aromatic N) is 3. The summed E-state index contributed by atoms with van der Waals surface area (Å²) in [7, 11) is 0. The number of rotatable bonds is 8. The van der Waals surface area contributed by atoms with Crippen LogP contribution in [-0.4, -0.2) is 27.6 Å². The molecule has 1 atom stereocenters. The van der Waals surface area contributed by atoms with Crippen molar-refractivity contribution in [1.82, 2.24) is 15.0 Å². The van der Waals surface area contributed by atoms with Gasteiger partial charge in [0, 0.05) is 6.04 Å². The Morgan fingerprint density at radius 1 is 1.16 bits per heavy atom. The van der Waals surface area contributed by atoms with Gasteiger partial charge in [0.25, 0.3) is 0 Å². The van der Waals surface area contributed by atoms with Crippen LogP contribution in [-0.2, 0) is 0 Å². The van der Waals surface area contributed by atoms with E-state index in [2.05, 4.69) is 41.0 Å². The van der Waals surface area contributed by atoms with E-state index in [-0.39, 0.29) is 12.0 Å². The van der Waals surface area contributed by atoms with Gasteiger partial charge in [0.1, 0.15) is 0 Å². The number of ether oxygens (including phenoxy) is 1. The molecule has 0 aromatic carbocycles. The summed E-state index contributed by atoms with van der Waals surface area (Å²) < 4.78 is 5.24. The minimum absolute atomic E-state index is 0.176. The first-order valence-corrected chi connectivity index (χ1v) is 6.92. The third-order valence-corrected chi connectivity index (χ3v) is 2.70. The highest BCUT2D eigenvalue weighted by Gasteiger charge is 2.08. The molecule has 19 heavy (non-hydrogen) atoms. The molecule has 0 spiro atoms. The maximum atomic E-state index is 5.62. The number of aromatic nitrogens is 3. The van der Waals surface area contributed by atoms with Gasteiger partial charge in [-0.05, 0) is 26.2 Å². The fourth-order valence-corrected chi connectivity index (χ4v) is 1.76. The Hall–Kier alpha value is -1.59. The Kier molecular flexibility index (Phi) is 6.32. The lowest BCUT2D eigenvalue weighted by Crippen LogP contribution is -2.18. The van der Waals surface area contributed by atoms with Crippen molar-refractivity contribution in [2.24, 2.45) is 5.92 Å². The Bertz CT molecular complexity index is 383. The van der Waals surface area contributed by atoms with Crippen LogP contribution in [0, 0.1) is 5.92 Å². The molecule has 108 valence electrons. The Labute approximate surface area is 115 Å². The molecule has 0 bridgehead atoms. The minimum atomic E-state index is 0.176. The molecule has 1 unspecified atom stereocenters. The highest BCUT2D eigenvalue weighted by atomic mass is 16.5. The zero-order chi connectivity index (χ0) is 14.3. The van der Waals surface area contributed by atoms with E-state index in [1.807, 2.05) is 6.92 Å². The maximum absolute atomic E-state index is 5.62. The van der Waals surface area contributed by atoms with Gasteiger partial charge in [-0.25, -0.2) is 0 Å². The lowest BCUT2D eigenvalue weighted by atomic mass is 10.0. The van der Waals surface area contributed by atoms with Crippen molar-refractivity contribution in [3.63, 3.8) is 0 Å². The highest BCUT2D eigenvalue weighted by molar-refractivity contribution is 5.33. The van der Waals surface area contributed by atoms with Crippen molar-refractivity contribution in [2.75, 3.05) is 17.7 Å². The number of nitrogens with two attached hydrogens (primary N) is 1. The zero-order valence-electron chi connectivity index (χ0n) is 12.3. The SMILES string of the molecule is CCOc1nc(N)nc(NC(C)CCCC(C)C)n1. The van der Waals surface area contributed by atoms with Crippen LogP contribution in [0.5, 0.6) is 6.01 Å². The van der Waals surface area contributed by atoms with Crippen LogP contribution in [0.25, 0.3) is 0 Å². The third kappa shape index (κ3) is 6.22. The van der Waals surface area contributed by atoms with Crippen LogP contribution in [0.15, 0.2) is 0 Å². The van der Waals surface area contributed by atoms with Gasteiger partial charge in [-0.2, -0.15) is 15.0 Å². The average molecular weight is 267 g/mol. The summed E-state index contributed by atoms with van der Waals surface area (Å²) in [6, 6.07) is 0.571. The topological polar surface area (TPSA) is 86.0 Å². The van der Waals surface area contributed by atoms with E-state index >= 15 is 0 Å². The second-order valence-electron chi connectivity index (χ2n) is 5.10. The van der Waals surface area contributed by atoms with Crippen molar-refractivity contribution in [2.45, 2.75) is 53.0 Å². The van der Waals surface area contributed by atoms with Crippen LogP contribution in [0.2, 0.25) is 0 Å². The molecule has 1 heterocycles. The van der Waals surface area contributed by atoms with Crippen molar-refractivity contribution in [1.29, 1.82) is 0 Å². The van der Waals surface area contributed by atoms with Crippen molar-refractivity contribution in [3.05, 3.63) is 0 Å². The molecule has 0 amide bonds. The Morgan fingerprint density at radius 3 is 2.53 bits per heavy atom. The quantitative estimate of drug-likeness (QED) is 0.752. The Morgan fingerprint density at radius 2 is 1.89 bits per heavy atom. The molecule has 0 aliphatic carbocycles. The van der Waals surface area contributed by atoms with Gasteiger partial charge >= 0.3 is 6.01 Å². The molecule has 3 N–H and O–H groups in total. The molecule has 0 saturated heterocycles. The summed E-state index contributed by atoms with van der Waals surface area (Å²) in [5.41, 5.74) is 5.62. The van der Waals surface area contributed by atoms with Gasteiger partial charge < -0.3 is 15.8 Å². The molecule has 1 aromatic rings. The van der Waals surface area contributed by atoms with Gasteiger partial charge in [0.05, 0.1) is 6.61 Å². The van der Waals surface area contributed by atoms with Gasteiger partial charge in [-0.15, -0.1) is 0 Å². The van der Waals surface area contributed by atoms with Crippen LogP contribution in [0.3, 0.4) is 0 Å². The van der Waals surface area contributed by atoms with E-state index in [9.17, 15) is 0 Å². The van der Waals surface area contributed by atoms with E-state index in [1.165, 1.54) is 12.8 Å². The van der Waals surface area contributed by atoms with Gasteiger partial charge in [0.2, 0.25) is 11.9 Å². The normalized spacial score (nSPS) is 12.5. The largest absolute Gasteiger partial charge is 0.464 e. The fourth-order valence-electron chi connectivity index (χ4n) is 1.76. The first-order valence-electron chi connectivity index (χ1n) is 6.92. The maximum Gasteiger partial charge on any atom is 0.323 e. The lowest BCUT2D eigenvalue weighted by molar-refractivity contribution is 0.312. The molecule has 0 saturated carbocycles. The summed E-state index contributed by atoms with van der Waals surface area (Å²) in [6.07, 6.45) is 3.49. The molecule has 1 rings (SSSR count). The molecule has 6 nitrogen and oxygen atoms in total. The summed E-state index contributed by atoms with van der Waals surface area (Å²) >= 11 is 0. The lowest BCUT2D eigenvalue weighted by Gasteiger charge is -2.14. The van der Waals surface area contributed by atoms with Gasteiger partial charge in [-0.1, -0.05) is 26.7 Å². The van der Waals surface area contributed by atoms with E-state index in [0.29, 0.717) is 18.6 Å². The molecule has 0 aliphatic heterocycles. The predicted octanol–water partition coefficient (Wildman–Crippen LogP) is 2.48. The van der Waals surface area contributed by atoms with Crippen LogP contribution >= 0.6 is 0 Å². The first kappa shape index (κ1) is 15.5. The first-order chi connectivity index (χ1) is 9.01. The number of anilines is 2. The average Bonchev–Trinajstić information content (AvgIpc) is 2.27. The summed E-state index contributed by atoms with van der Waals surface area (Å²) in [6.45, 7) is 8.97. The third-order valence-electron chi connectivity index (χ3n) is 2.70. The second-order valence-corrected chi connectivity index (χ2v) is 5.10. The standard InChI is InChI=1S/C13H25N5O/c1-5-19-13-17-11(14)16-12(18-13)15-10(4)8-6-7-9(2)3/h9-10H,5-8H2,1-4H3,(H3,14,15,16,17,18). The molecule has 0 aliphatic rings. The van der Waals surface area contributed by atoms with Crippen LogP contribution in [0.4, 0.5) is 11.9 Å². The monoisotopic (exact) mass is 267 g/mol. The Balaban J connectivity index is 2.51. The molecule has 0 fully saturated rings. The number of nitrogens with one attached hydrogen (secondary N) is 1. The number of hydrogen-bond acceptors (Lipinski definition) is 6.